The Labute approximate surface area is 308 Å². The summed E-state index contributed by atoms with van der Waals surface area (Å²) in [5.41, 5.74) is 5.64. The van der Waals surface area contributed by atoms with E-state index in [1.54, 1.807) is 24.3 Å². The molecule has 6 amide bonds. The van der Waals surface area contributed by atoms with Crippen molar-refractivity contribution in [3.63, 3.8) is 0 Å². The van der Waals surface area contributed by atoms with Gasteiger partial charge in [-0.3, -0.25) is 24.0 Å². The van der Waals surface area contributed by atoms with Crippen molar-refractivity contribution in [1.82, 2.24) is 20.9 Å². The van der Waals surface area contributed by atoms with Crippen molar-refractivity contribution in [2.75, 3.05) is 25.0 Å². The third-order valence-corrected chi connectivity index (χ3v) is 8.87. The molecule has 1 fully saturated rings. The predicted molar refractivity (Wildman–Crippen MR) is 198 cm³/mol. The third-order valence-electron chi connectivity index (χ3n) is 8.87. The fraction of sp³-hybridized carbons (Fsp3) is 0.658. The maximum atomic E-state index is 13.5. The molecule has 2 rings (SSSR count). The first kappa shape index (κ1) is 43.7. The Morgan fingerprint density at radius 1 is 0.962 bits per heavy atom. The molecule has 0 aliphatic carbocycles. The number of urea groups is 1. The Bertz CT molecular complexity index is 1410. The summed E-state index contributed by atoms with van der Waals surface area (Å²) in [5, 5.41) is 10.6. The second-order valence-electron chi connectivity index (χ2n) is 16.1. The van der Waals surface area contributed by atoms with E-state index in [2.05, 4.69) is 21.3 Å². The lowest BCUT2D eigenvalue weighted by Crippen LogP contribution is -2.48. The summed E-state index contributed by atoms with van der Waals surface area (Å²) in [6.07, 6.45) is 2.07. The number of amides is 6. The zero-order valence-electron chi connectivity index (χ0n) is 32.2. The molecule has 14 nitrogen and oxygen atoms in total. The summed E-state index contributed by atoms with van der Waals surface area (Å²) in [5.74, 6) is -2.15. The van der Waals surface area contributed by atoms with Crippen molar-refractivity contribution in [3.8, 4) is 0 Å². The van der Waals surface area contributed by atoms with Crippen LogP contribution in [-0.2, 0) is 35.3 Å². The van der Waals surface area contributed by atoms with E-state index in [4.69, 9.17) is 10.5 Å². The Morgan fingerprint density at radius 3 is 2.19 bits per heavy atom. The number of nitrogens with one attached hydrogen (secondary N) is 4. The maximum Gasteiger partial charge on any atom is 0.407 e. The Balaban J connectivity index is 1.96. The molecule has 1 saturated heterocycles. The molecule has 0 aromatic heterocycles. The van der Waals surface area contributed by atoms with E-state index >= 15 is 0 Å². The smallest absolute Gasteiger partial charge is 0.407 e. The number of Topliss-reactive ketones (excluding diaryl/α,β-unsaturated/α-hetero) is 2. The lowest BCUT2D eigenvalue weighted by atomic mass is 9.85. The second-order valence-corrected chi connectivity index (χ2v) is 16.1. The van der Waals surface area contributed by atoms with Crippen LogP contribution in [0.2, 0.25) is 0 Å². The standard InChI is InChI=1S/C38H60N6O8/c1-24(2)32(43-30(46)17-18-37(3,4)5)29(45)21-26(11-9-19-40-35(39)50)34(49)42-27-15-13-25(14-16-27)23-52-36(51)41-22-31(47)44-20-10-12-28(44)33(48)38(6,7)8/h13-16,24,26,28,32H,9-12,17-23H2,1-8H3,(H,41,51)(H,42,49)(H,43,46)(H3,39,40,50)/t26-,28-,32+/m1/s1. The van der Waals surface area contributed by atoms with E-state index in [9.17, 15) is 33.6 Å². The SMILES string of the molecule is CC(C)[C@H](NC(=O)CCC(C)(C)C)C(=O)C[C@@H](CCCNC(N)=O)C(=O)Nc1ccc(COC(=O)NCC(=O)N2CCC[C@@H]2C(=O)C(C)(C)C)cc1. The first-order valence-corrected chi connectivity index (χ1v) is 18.2. The van der Waals surface area contributed by atoms with Crippen LogP contribution in [0, 0.1) is 22.7 Å². The minimum Gasteiger partial charge on any atom is -0.445 e. The van der Waals surface area contributed by atoms with Crippen LogP contribution < -0.4 is 27.0 Å². The number of ketones is 2. The van der Waals surface area contributed by atoms with Gasteiger partial charge in [-0.2, -0.15) is 0 Å². The molecular weight excluding hydrogens is 668 g/mol. The van der Waals surface area contributed by atoms with Gasteiger partial charge in [0.2, 0.25) is 17.7 Å². The number of likely N-dealkylation sites (tertiary alicyclic amines) is 1. The van der Waals surface area contributed by atoms with Gasteiger partial charge in [0.05, 0.1) is 12.1 Å². The van der Waals surface area contributed by atoms with Crippen LogP contribution in [0.3, 0.4) is 0 Å². The quantitative estimate of drug-likeness (QED) is 0.136. The van der Waals surface area contributed by atoms with Crippen molar-refractivity contribution in [2.24, 2.45) is 28.4 Å². The fourth-order valence-corrected chi connectivity index (χ4v) is 5.82. The highest BCUT2D eigenvalue weighted by atomic mass is 16.5. The van der Waals surface area contributed by atoms with Gasteiger partial charge < -0.3 is 36.6 Å². The minimum atomic E-state index is -0.785. The molecule has 52 heavy (non-hydrogen) atoms. The van der Waals surface area contributed by atoms with Crippen LogP contribution in [0.4, 0.5) is 15.3 Å². The molecule has 0 saturated carbocycles. The molecule has 6 N–H and O–H groups in total. The zero-order valence-corrected chi connectivity index (χ0v) is 32.2. The van der Waals surface area contributed by atoms with E-state index in [1.165, 1.54) is 4.90 Å². The van der Waals surface area contributed by atoms with E-state index in [0.717, 1.165) is 6.42 Å². The van der Waals surface area contributed by atoms with E-state index in [0.29, 0.717) is 37.1 Å². The largest absolute Gasteiger partial charge is 0.445 e. The molecule has 0 bridgehead atoms. The number of rotatable bonds is 18. The molecule has 0 radical (unpaired) electrons. The average molecular weight is 729 g/mol. The Kier molecular flexibility index (Phi) is 16.7. The third kappa shape index (κ3) is 15.4. The summed E-state index contributed by atoms with van der Waals surface area (Å²) >= 11 is 0. The number of carbonyl (C=O) groups is 7. The van der Waals surface area contributed by atoms with E-state index in [1.807, 2.05) is 55.4 Å². The molecule has 14 heteroatoms. The highest BCUT2D eigenvalue weighted by Gasteiger charge is 2.39. The van der Waals surface area contributed by atoms with E-state index < -0.39 is 41.4 Å². The van der Waals surface area contributed by atoms with Crippen LogP contribution >= 0.6 is 0 Å². The van der Waals surface area contributed by atoms with Gasteiger partial charge in [-0.1, -0.05) is 67.5 Å². The molecule has 290 valence electrons. The fourth-order valence-electron chi connectivity index (χ4n) is 5.82. The maximum absolute atomic E-state index is 13.5. The molecule has 1 heterocycles. The van der Waals surface area contributed by atoms with Gasteiger partial charge in [-0.05, 0) is 61.1 Å². The molecule has 0 spiro atoms. The van der Waals surface area contributed by atoms with Gasteiger partial charge in [0.1, 0.15) is 13.2 Å². The Hall–Kier alpha value is -4.49. The number of nitrogens with two attached hydrogens (primary N) is 1. The lowest BCUT2D eigenvalue weighted by Gasteiger charge is -2.29. The van der Waals surface area contributed by atoms with Gasteiger partial charge in [0.25, 0.3) is 0 Å². The normalized spacial score (nSPS) is 15.7. The van der Waals surface area contributed by atoms with Gasteiger partial charge >= 0.3 is 12.1 Å². The summed E-state index contributed by atoms with van der Waals surface area (Å²) in [7, 11) is 0. The molecular formula is C38H60N6O8. The van der Waals surface area contributed by atoms with Gasteiger partial charge in [-0.15, -0.1) is 0 Å². The van der Waals surface area contributed by atoms with Crippen LogP contribution in [0.5, 0.6) is 0 Å². The summed E-state index contributed by atoms with van der Waals surface area (Å²) in [4.78, 5) is 90.1. The number of hydrogen-bond acceptors (Lipinski definition) is 8. The van der Waals surface area contributed by atoms with Crippen LogP contribution in [-0.4, -0.2) is 78.0 Å². The number of alkyl carbamates (subject to hydrolysis) is 1. The second kappa shape index (κ2) is 19.9. The van der Waals surface area contributed by atoms with Crippen LogP contribution in [0.25, 0.3) is 0 Å². The number of primary amides is 1. The predicted octanol–water partition coefficient (Wildman–Crippen LogP) is 4.45. The van der Waals surface area contributed by atoms with Gasteiger partial charge in [0.15, 0.2) is 11.6 Å². The Morgan fingerprint density at radius 2 is 1.62 bits per heavy atom. The highest BCUT2D eigenvalue weighted by Crippen LogP contribution is 2.27. The van der Waals surface area contributed by atoms with Crippen LogP contribution in [0.1, 0.15) is 106 Å². The number of benzene rings is 1. The molecule has 1 aromatic carbocycles. The molecule has 1 aromatic rings. The average Bonchev–Trinajstić information content (AvgIpc) is 3.54. The lowest BCUT2D eigenvalue weighted by molar-refractivity contribution is -0.140. The van der Waals surface area contributed by atoms with Gasteiger partial charge in [0, 0.05) is 43.0 Å². The molecule has 0 unspecified atom stereocenters. The van der Waals surface area contributed by atoms with Crippen molar-refractivity contribution in [3.05, 3.63) is 29.8 Å². The van der Waals surface area contributed by atoms with Crippen molar-refractivity contribution >= 4 is 47.1 Å². The monoisotopic (exact) mass is 728 g/mol. The van der Waals surface area contributed by atoms with Crippen molar-refractivity contribution < 1.29 is 38.3 Å². The van der Waals surface area contributed by atoms with Crippen molar-refractivity contribution in [2.45, 2.75) is 119 Å². The topological polar surface area (TPSA) is 206 Å². The van der Waals surface area contributed by atoms with Gasteiger partial charge in [-0.25, -0.2) is 9.59 Å². The summed E-state index contributed by atoms with van der Waals surface area (Å²) in [6.45, 7) is 15.6. The number of carbonyl (C=O) groups excluding carboxylic acids is 7. The number of anilines is 1. The highest BCUT2D eigenvalue weighted by molar-refractivity contribution is 5.97. The first-order valence-electron chi connectivity index (χ1n) is 18.2. The number of ether oxygens (including phenoxy) is 1. The zero-order chi connectivity index (χ0) is 39.2. The molecule has 3 atom stereocenters. The summed E-state index contributed by atoms with van der Waals surface area (Å²) in [6, 6.07) is 4.67. The minimum absolute atomic E-state index is 0.00526. The first-order chi connectivity index (χ1) is 24.2. The van der Waals surface area contributed by atoms with E-state index in [-0.39, 0.29) is 73.7 Å². The number of nitrogens with zero attached hydrogens (tertiary/aromatic N) is 1. The van der Waals surface area contributed by atoms with Crippen LogP contribution in [0.15, 0.2) is 24.3 Å². The molecule has 1 aliphatic rings. The summed E-state index contributed by atoms with van der Waals surface area (Å²) < 4.78 is 5.26. The van der Waals surface area contributed by atoms with Crippen molar-refractivity contribution in [1.29, 1.82) is 0 Å². The molecule has 1 aliphatic heterocycles. The number of hydrogen-bond donors (Lipinski definition) is 5.